The molecule has 6 heteroatoms. The second-order valence-electron chi connectivity index (χ2n) is 6.49. The number of methoxy groups -OCH3 is 2. The van der Waals surface area contributed by atoms with Crippen molar-refractivity contribution < 1.29 is 28.8 Å². The van der Waals surface area contributed by atoms with Crippen molar-refractivity contribution in [3.05, 3.63) is 0 Å². The molecular formula is C16H30O6. The van der Waals surface area contributed by atoms with Gasteiger partial charge >= 0.3 is 0 Å². The fraction of sp³-hybridized carbons (Fsp3) is 1.00. The lowest BCUT2D eigenvalue weighted by atomic mass is 9.93. The zero-order chi connectivity index (χ0) is 16.3. The largest absolute Gasteiger partial charge is 0.390 e. The molecule has 0 aromatic carbocycles. The standard InChI is InChI=1S/C16H30O6/c1-9-6-14(19-5)21-11(3)16(9)22-15-8-12(18-4)7-13(17)10(2)20-15/h9-17H,6-8H2,1-5H3. The van der Waals surface area contributed by atoms with Gasteiger partial charge in [-0.2, -0.15) is 0 Å². The fourth-order valence-corrected chi connectivity index (χ4v) is 3.28. The summed E-state index contributed by atoms with van der Waals surface area (Å²) in [5.74, 6) is 0.307. The maximum absolute atomic E-state index is 10.1. The minimum atomic E-state index is -0.533. The Morgan fingerprint density at radius 3 is 2.14 bits per heavy atom. The van der Waals surface area contributed by atoms with Crippen molar-refractivity contribution in [2.45, 2.75) is 83.1 Å². The zero-order valence-electron chi connectivity index (χ0n) is 14.2. The maximum atomic E-state index is 10.1. The van der Waals surface area contributed by atoms with Gasteiger partial charge in [0.05, 0.1) is 30.5 Å². The van der Waals surface area contributed by atoms with Crippen molar-refractivity contribution >= 4 is 0 Å². The van der Waals surface area contributed by atoms with Gasteiger partial charge in [-0.1, -0.05) is 6.92 Å². The summed E-state index contributed by atoms with van der Waals surface area (Å²) in [7, 11) is 3.31. The fourth-order valence-electron chi connectivity index (χ4n) is 3.28. The van der Waals surface area contributed by atoms with Crippen molar-refractivity contribution in [3.63, 3.8) is 0 Å². The van der Waals surface area contributed by atoms with Gasteiger partial charge in [0, 0.05) is 33.5 Å². The van der Waals surface area contributed by atoms with Gasteiger partial charge in [-0.3, -0.25) is 0 Å². The van der Waals surface area contributed by atoms with E-state index < -0.39 is 12.4 Å². The zero-order valence-corrected chi connectivity index (χ0v) is 14.2. The molecular weight excluding hydrogens is 288 g/mol. The number of hydrogen-bond donors (Lipinski definition) is 1. The van der Waals surface area contributed by atoms with Gasteiger partial charge in [-0.05, 0) is 19.8 Å². The van der Waals surface area contributed by atoms with Gasteiger partial charge < -0.3 is 28.8 Å². The molecule has 2 fully saturated rings. The summed E-state index contributed by atoms with van der Waals surface area (Å²) >= 11 is 0. The van der Waals surface area contributed by atoms with Crippen molar-refractivity contribution in [1.29, 1.82) is 0 Å². The molecule has 2 heterocycles. The summed E-state index contributed by atoms with van der Waals surface area (Å²) in [6.45, 7) is 6.00. The smallest absolute Gasteiger partial charge is 0.161 e. The van der Waals surface area contributed by atoms with E-state index in [0.29, 0.717) is 18.8 Å². The first-order valence-corrected chi connectivity index (χ1v) is 8.14. The summed E-state index contributed by atoms with van der Waals surface area (Å²) < 4.78 is 28.6. The summed E-state index contributed by atoms with van der Waals surface area (Å²) in [6.07, 6.45) is 0.411. The van der Waals surface area contributed by atoms with Crippen LogP contribution in [0.25, 0.3) is 0 Å². The van der Waals surface area contributed by atoms with E-state index in [-0.39, 0.29) is 30.7 Å². The number of hydrogen-bond acceptors (Lipinski definition) is 6. The molecule has 130 valence electrons. The topological polar surface area (TPSA) is 66.4 Å². The molecule has 22 heavy (non-hydrogen) atoms. The van der Waals surface area contributed by atoms with Crippen LogP contribution in [0.15, 0.2) is 0 Å². The van der Waals surface area contributed by atoms with Crippen molar-refractivity contribution in [2.24, 2.45) is 5.92 Å². The normalized spacial score (nSPS) is 47.2. The first kappa shape index (κ1) is 18.1. The lowest BCUT2D eigenvalue weighted by molar-refractivity contribution is -0.278. The number of aliphatic hydroxyl groups is 1. The molecule has 0 spiro atoms. The monoisotopic (exact) mass is 318 g/mol. The highest BCUT2D eigenvalue weighted by Crippen LogP contribution is 2.31. The summed E-state index contributed by atoms with van der Waals surface area (Å²) in [5.41, 5.74) is 0. The van der Waals surface area contributed by atoms with Crippen LogP contribution in [0.5, 0.6) is 0 Å². The molecule has 0 aromatic rings. The molecule has 2 rings (SSSR count). The third-order valence-corrected chi connectivity index (χ3v) is 4.73. The van der Waals surface area contributed by atoms with Gasteiger partial charge in [0.2, 0.25) is 0 Å². The van der Waals surface area contributed by atoms with Crippen LogP contribution < -0.4 is 0 Å². The first-order valence-electron chi connectivity index (χ1n) is 8.14. The van der Waals surface area contributed by atoms with E-state index in [1.54, 1.807) is 14.2 Å². The first-order chi connectivity index (χ1) is 10.4. The number of ether oxygens (including phenoxy) is 5. The Morgan fingerprint density at radius 1 is 0.864 bits per heavy atom. The second kappa shape index (κ2) is 8.04. The Hall–Kier alpha value is -0.240. The third kappa shape index (κ3) is 4.40. The minimum absolute atomic E-state index is 0.0589. The Balaban J connectivity index is 1.98. The lowest BCUT2D eigenvalue weighted by Gasteiger charge is -2.40. The van der Waals surface area contributed by atoms with E-state index >= 15 is 0 Å². The molecule has 2 saturated heterocycles. The van der Waals surface area contributed by atoms with Crippen LogP contribution in [-0.2, 0) is 23.7 Å². The highest BCUT2D eigenvalue weighted by atomic mass is 16.7. The van der Waals surface area contributed by atoms with E-state index in [1.165, 1.54) is 0 Å². The van der Waals surface area contributed by atoms with Gasteiger partial charge in [0.1, 0.15) is 0 Å². The predicted molar refractivity (Wildman–Crippen MR) is 80.4 cm³/mol. The van der Waals surface area contributed by atoms with Gasteiger partial charge in [-0.25, -0.2) is 0 Å². The molecule has 0 radical (unpaired) electrons. The minimum Gasteiger partial charge on any atom is -0.390 e. The Bertz CT molecular complexity index is 327. The average molecular weight is 318 g/mol. The molecule has 0 bridgehead atoms. The summed E-state index contributed by atoms with van der Waals surface area (Å²) in [6, 6.07) is 0. The van der Waals surface area contributed by atoms with Crippen LogP contribution in [0.1, 0.15) is 40.0 Å². The predicted octanol–water partition coefficient (Wildman–Crippen LogP) is 1.69. The number of aliphatic hydroxyl groups excluding tert-OH is 1. The van der Waals surface area contributed by atoms with Gasteiger partial charge in [-0.15, -0.1) is 0 Å². The highest BCUT2D eigenvalue weighted by molar-refractivity contribution is 4.82. The molecule has 2 aliphatic heterocycles. The molecule has 0 aromatic heterocycles. The van der Waals surface area contributed by atoms with Crippen LogP contribution in [0.4, 0.5) is 0 Å². The van der Waals surface area contributed by atoms with Crippen LogP contribution in [0, 0.1) is 5.92 Å². The lowest BCUT2D eigenvalue weighted by Crippen LogP contribution is -2.47. The number of rotatable bonds is 4. The summed E-state index contributed by atoms with van der Waals surface area (Å²) in [4.78, 5) is 0. The Morgan fingerprint density at radius 2 is 1.55 bits per heavy atom. The van der Waals surface area contributed by atoms with E-state index in [2.05, 4.69) is 6.92 Å². The molecule has 0 aliphatic carbocycles. The molecule has 6 nitrogen and oxygen atoms in total. The maximum Gasteiger partial charge on any atom is 0.161 e. The van der Waals surface area contributed by atoms with Crippen LogP contribution in [0.2, 0.25) is 0 Å². The highest BCUT2D eigenvalue weighted by Gasteiger charge is 2.39. The SMILES string of the molecule is COC1CC(OC2C(C)CC(OC)OC2C)OC(C)C(O)C1. The Labute approximate surface area is 133 Å². The van der Waals surface area contributed by atoms with Crippen molar-refractivity contribution in [1.82, 2.24) is 0 Å². The molecule has 8 atom stereocenters. The molecule has 2 aliphatic rings. The quantitative estimate of drug-likeness (QED) is 0.851. The van der Waals surface area contributed by atoms with Gasteiger partial charge in [0.15, 0.2) is 12.6 Å². The molecule has 8 unspecified atom stereocenters. The van der Waals surface area contributed by atoms with Crippen molar-refractivity contribution in [3.8, 4) is 0 Å². The van der Waals surface area contributed by atoms with Gasteiger partial charge in [0.25, 0.3) is 0 Å². The van der Waals surface area contributed by atoms with E-state index in [4.69, 9.17) is 23.7 Å². The van der Waals surface area contributed by atoms with Crippen LogP contribution >= 0.6 is 0 Å². The third-order valence-electron chi connectivity index (χ3n) is 4.73. The van der Waals surface area contributed by atoms with E-state index in [0.717, 1.165) is 6.42 Å². The van der Waals surface area contributed by atoms with Crippen LogP contribution in [-0.4, -0.2) is 62.4 Å². The average Bonchev–Trinajstić information content (AvgIpc) is 2.61. The molecule has 0 saturated carbocycles. The van der Waals surface area contributed by atoms with E-state index in [9.17, 15) is 5.11 Å². The second-order valence-corrected chi connectivity index (χ2v) is 6.49. The van der Waals surface area contributed by atoms with Crippen molar-refractivity contribution in [2.75, 3.05) is 14.2 Å². The van der Waals surface area contributed by atoms with E-state index in [1.807, 2.05) is 13.8 Å². The molecule has 0 amide bonds. The van der Waals surface area contributed by atoms with Crippen LogP contribution in [0.3, 0.4) is 0 Å². The Kier molecular flexibility index (Phi) is 6.61. The molecule has 1 N–H and O–H groups in total. The summed E-state index contributed by atoms with van der Waals surface area (Å²) in [5, 5.41) is 10.1.